The van der Waals surface area contributed by atoms with Gasteiger partial charge < -0.3 is 5.11 Å². The smallest absolute Gasteiger partial charge is 0.338 e. The molecule has 15 heavy (non-hydrogen) atoms. The molecule has 0 spiro atoms. The first-order valence-corrected chi connectivity index (χ1v) is 4.23. The summed E-state index contributed by atoms with van der Waals surface area (Å²) in [5, 5.41) is 18.0. The highest BCUT2D eigenvalue weighted by Gasteiger charge is 2.15. The monoisotopic (exact) mass is 211 g/mol. The van der Waals surface area contributed by atoms with Crippen LogP contribution in [-0.2, 0) is 11.3 Å². The molecule has 0 aliphatic heterocycles. The van der Waals surface area contributed by atoms with Crippen molar-refractivity contribution < 1.29 is 19.8 Å². The standard InChI is InChI=1S/C9H9NO5/c1-2-6-3-4-8(11)7(5-6)9(12)15-10(13)14/h3-5,11H,2H2,1H3. The van der Waals surface area contributed by atoms with Crippen molar-refractivity contribution in [2.75, 3.05) is 0 Å². The Kier molecular flexibility index (Phi) is 3.22. The molecule has 80 valence electrons. The van der Waals surface area contributed by atoms with Crippen molar-refractivity contribution in [2.24, 2.45) is 0 Å². The molecular weight excluding hydrogens is 202 g/mol. The minimum atomic E-state index is -1.21. The van der Waals surface area contributed by atoms with Gasteiger partial charge in [0, 0.05) is 0 Å². The Hall–Kier alpha value is -2.11. The molecule has 1 aromatic carbocycles. The third kappa shape index (κ3) is 2.67. The zero-order chi connectivity index (χ0) is 11.4. The van der Waals surface area contributed by atoms with Crippen molar-refractivity contribution in [3.63, 3.8) is 0 Å². The Morgan fingerprint density at radius 2 is 2.27 bits per heavy atom. The van der Waals surface area contributed by atoms with Crippen LogP contribution in [-0.4, -0.2) is 16.2 Å². The number of nitrogens with zero attached hydrogens (tertiary/aromatic N) is 1. The molecule has 1 aromatic rings. The van der Waals surface area contributed by atoms with Crippen LogP contribution in [0.25, 0.3) is 0 Å². The number of phenolic OH excluding ortho intramolecular Hbond substituents is 1. The fourth-order valence-electron chi connectivity index (χ4n) is 1.08. The summed E-state index contributed by atoms with van der Waals surface area (Å²) in [6.07, 6.45) is 0.652. The molecule has 0 amide bonds. The Bertz CT molecular complexity index is 401. The van der Waals surface area contributed by atoms with Crippen molar-refractivity contribution in [3.05, 3.63) is 39.4 Å². The van der Waals surface area contributed by atoms with Gasteiger partial charge in [-0.2, -0.15) is 0 Å². The van der Waals surface area contributed by atoms with E-state index in [9.17, 15) is 20.0 Å². The van der Waals surface area contributed by atoms with Crippen LogP contribution >= 0.6 is 0 Å². The van der Waals surface area contributed by atoms with Crippen molar-refractivity contribution >= 4 is 5.97 Å². The predicted molar refractivity (Wildman–Crippen MR) is 49.9 cm³/mol. The molecule has 0 heterocycles. The maximum atomic E-state index is 11.1. The fraction of sp³-hybridized carbons (Fsp3) is 0.222. The van der Waals surface area contributed by atoms with E-state index >= 15 is 0 Å². The van der Waals surface area contributed by atoms with Gasteiger partial charge in [-0.15, -0.1) is 10.1 Å². The molecule has 0 atom stereocenters. The Balaban J connectivity index is 3.01. The molecule has 0 aliphatic carbocycles. The number of hydrogen-bond acceptors (Lipinski definition) is 5. The molecule has 1 rings (SSSR count). The van der Waals surface area contributed by atoms with E-state index in [-0.39, 0.29) is 11.3 Å². The van der Waals surface area contributed by atoms with Gasteiger partial charge in [0.25, 0.3) is 0 Å². The zero-order valence-electron chi connectivity index (χ0n) is 7.97. The van der Waals surface area contributed by atoms with Crippen LogP contribution in [0.4, 0.5) is 0 Å². The van der Waals surface area contributed by atoms with E-state index in [2.05, 4.69) is 4.84 Å². The number of benzene rings is 1. The number of phenols is 1. The van der Waals surface area contributed by atoms with E-state index in [0.29, 0.717) is 6.42 Å². The maximum absolute atomic E-state index is 11.1. The first-order chi connectivity index (χ1) is 7.04. The molecule has 0 bridgehead atoms. The quantitative estimate of drug-likeness (QED) is 0.601. The number of aromatic hydroxyl groups is 1. The van der Waals surface area contributed by atoms with Crippen LogP contribution in [0.15, 0.2) is 18.2 Å². The molecule has 0 fully saturated rings. The van der Waals surface area contributed by atoms with Crippen LogP contribution in [0.5, 0.6) is 5.75 Å². The first-order valence-electron chi connectivity index (χ1n) is 4.23. The second-order valence-corrected chi connectivity index (χ2v) is 2.81. The topological polar surface area (TPSA) is 89.7 Å². The molecule has 0 radical (unpaired) electrons. The third-order valence-electron chi connectivity index (χ3n) is 1.85. The van der Waals surface area contributed by atoms with E-state index in [0.717, 1.165) is 5.56 Å². The van der Waals surface area contributed by atoms with Crippen molar-refractivity contribution in [1.29, 1.82) is 0 Å². The summed E-state index contributed by atoms with van der Waals surface area (Å²) in [5.41, 5.74) is 0.578. The Morgan fingerprint density at radius 3 is 2.80 bits per heavy atom. The molecule has 6 nitrogen and oxygen atoms in total. The molecule has 0 saturated carbocycles. The average Bonchev–Trinajstić information content (AvgIpc) is 2.17. The van der Waals surface area contributed by atoms with E-state index in [4.69, 9.17) is 0 Å². The van der Waals surface area contributed by atoms with Gasteiger partial charge >= 0.3 is 11.1 Å². The second kappa shape index (κ2) is 4.41. The van der Waals surface area contributed by atoms with Gasteiger partial charge in [-0.1, -0.05) is 13.0 Å². The molecular formula is C9H9NO5. The van der Waals surface area contributed by atoms with E-state index in [1.165, 1.54) is 12.1 Å². The van der Waals surface area contributed by atoms with Crippen LogP contribution in [0, 0.1) is 10.1 Å². The van der Waals surface area contributed by atoms with Crippen LogP contribution in [0.3, 0.4) is 0 Å². The summed E-state index contributed by atoms with van der Waals surface area (Å²) in [4.78, 5) is 24.8. The van der Waals surface area contributed by atoms with Gasteiger partial charge in [-0.3, -0.25) is 4.79 Å². The predicted octanol–water partition coefficient (Wildman–Crippen LogP) is 1.30. The van der Waals surface area contributed by atoms with Crippen molar-refractivity contribution in [3.8, 4) is 5.75 Å². The minimum absolute atomic E-state index is 0.203. The highest BCUT2D eigenvalue weighted by molar-refractivity contribution is 5.92. The lowest BCUT2D eigenvalue weighted by Gasteiger charge is -2.03. The lowest BCUT2D eigenvalue weighted by atomic mass is 10.1. The third-order valence-corrected chi connectivity index (χ3v) is 1.85. The lowest BCUT2D eigenvalue weighted by molar-refractivity contribution is -0.727. The molecule has 0 unspecified atom stereocenters. The molecule has 0 aliphatic rings. The van der Waals surface area contributed by atoms with Gasteiger partial charge in [0.2, 0.25) is 0 Å². The number of hydrogen-bond donors (Lipinski definition) is 1. The number of rotatable bonds is 3. The van der Waals surface area contributed by atoms with Gasteiger partial charge in [-0.05, 0) is 24.1 Å². The molecule has 0 aromatic heterocycles. The number of carbonyl (C=O) groups excluding carboxylic acids is 1. The van der Waals surface area contributed by atoms with E-state index in [1.807, 2.05) is 6.92 Å². The zero-order valence-corrected chi connectivity index (χ0v) is 7.97. The van der Waals surface area contributed by atoms with E-state index < -0.39 is 11.1 Å². The van der Waals surface area contributed by atoms with Crippen molar-refractivity contribution in [2.45, 2.75) is 13.3 Å². The SMILES string of the molecule is CCc1ccc(O)c(C(=O)O[N+](=O)[O-])c1. The number of aryl methyl sites for hydroxylation is 1. The molecule has 6 heteroatoms. The summed E-state index contributed by atoms with van der Waals surface area (Å²) in [6.45, 7) is 1.86. The summed E-state index contributed by atoms with van der Waals surface area (Å²) in [7, 11) is 0. The first kappa shape index (κ1) is 11.0. The second-order valence-electron chi connectivity index (χ2n) is 2.81. The summed E-state index contributed by atoms with van der Waals surface area (Å²) < 4.78 is 0. The van der Waals surface area contributed by atoms with E-state index in [1.54, 1.807) is 6.07 Å². The van der Waals surface area contributed by atoms with Gasteiger partial charge in [-0.25, -0.2) is 4.84 Å². The summed E-state index contributed by atoms with van der Waals surface area (Å²) >= 11 is 0. The van der Waals surface area contributed by atoms with Crippen LogP contribution < -0.4 is 0 Å². The summed E-state index contributed by atoms with van der Waals surface area (Å²) in [6, 6.07) is 4.29. The highest BCUT2D eigenvalue weighted by atomic mass is 17.0. The number of carbonyl (C=O) groups is 1. The Morgan fingerprint density at radius 1 is 1.60 bits per heavy atom. The lowest BCUT2D eigenvalue weighted by Crippen LogP contribution is -2.10. The maximum Gasteiger partial charge on any atom is 0.338 e. The Labute approximate surface area is 85.2 Å². The van der Waals surface area contributed by atoms with Crippen LogP contribution in [0.1, 0.15) is 22.8 Å². The van der Waals surface area contributed by atoms with Gasteiger partial charge in [0.15, 0.2) is 0 Å². The van der Waals surface area contributed by atoms with Gasteiger partial charge in [0.05, 0.1) is 5.56 Å². The van der Waals surface area contributed by atoms with Gasteiger partial charge in [0.1, 0.15) is 5.75 Å². The molecule has 0 saturated heterocycles. The van der Waals surface area contributed by atoms with Crippen molar-refractivity contribution in [1.82, 2.24) is 0 Å². The molecule has 1 N–H and O–H groups in total. The normalized spacial score (nSPS) is 9.67. The average molecular weight is 211 g/mol. The largest absolute Gasteiger partial charge is 0.507 e. The highest BCUT2D eigenvalue weighted by Crippen LogP contribution is 2.19. The summed E-state index contributed by atoms with van der Waals surface area (Å²) in [5.74, 6) is -1.51. The minimum Gasteiger partial charge on any atom is -0.507 e. The van der Waals surface area contributed by atoms with Crippen LogP contribution in [0.2, 0.25) is 0 Å². The fourth-order valence-corrected chi connectivity index (χ4v) is 1.08.